The van der Waals surface area contributed by atoms with Crippen LogP contribution in [0.15, 0.2) is 77.9 Å². The molecule has 0 aliphatic carbocycles. The zero-order valence-corrected chi connectivity index (χ0v) is 20.9. The Bertz CT molecular complexity index is 1640. The maximum Gasteiger partial charge on any atom is 0.280 e. The number of amides is 1. The summed E-state index contributed by atoms with van der Waals surface area (Å²) in [7, 11) is 3.06. The Morgan fingerprint density at radius 1 is 0.946 bits per heavy atom. The molecule has 1 atom stereocenters. The number of nitrogens with one attached hydrogen (secondary N) is 1. The lowest BCUT2D eigenvalue weighted by Crippen LogP contribution is -2.34. The van der Waals surface area contributed by atoms with Crippen molar-refractivity contribution in [3.8, 4) is 23.0 Å². The third kappa shape index (κ3) is 4.22. The lowest BCUT2D eigenvalue weighted by Gasteiger charge is -2.16. The van der Waals surface area contributed by atoms with Crippen molar-refractivity contribution in [1.29, 1.82) is 0 Å². The van der Waals surface area contributed by atoms with Crippen LogP contribution in [0.5, 0.6) is 11.5 Å². The molecule has 0 spiro atoms. The standard InChI is InChI=1S/C27H26N6O4/c1-17-24-23(26(31-14-8-9-15-31)33(30-24)20-10-6-5-7-11-20)27(35)32(29-17)18(2)25(34)28-19-12-13-21(36-3)22(16-19)37-4/h5-16,18H,1-4H3,(H,28,34). The third-order valence-corrected chi connectivity index (χ3v) is 6.13. The van der Waals surface area contributed by atoms with Gasteiger partial charge in [-0.3, -0.25) is 9.59 Å². The van der Waals surface area contributed by atoms with Gasteiger partial charge < -0.3 is 19.4 Å². The fraction of sp³-hybridized carbons (Fsp3) is 0.185. The molecular weight excluding hydrogens is 472 g/mol. The smallest absolute Gasteiger partial charge is 0.280 e. The van der Waals surface area contributed by atoms with Crippen LogP contribution in [0, 0.1) is 6.92 Å². The van der Waals surface area contributed by atoms with E-state index >= 15 is 0 Å². The Balaban J connectivity index is 1.60. The number of carbonyl (C=O) groups excluding carboxylic acids is 1. The van der Waals surface area contributed by atoms with Gasteiger partial charge in [-0.15, -0.1) is 0 Å². The van der Waals surface area contributed by atoms with E-state index < -0.39 is 17.5 Å². The van der Waals surface area contributed by atoms with E-state index in [1.165, 1.54) is 18.9 Å². The topological polar surface area (TPSA) is 105 Å². The Morgan fingerprint density at radius 3 is 2.32 bits per heavy atom. The van der Waals surface area contributed by atoms with Crippen molar-refractivity contribution in [3.63, 3.8) is 0 Å². The average Bonchev–Trinajstić information content (AvgIpc) is 3.59. The fourth-order valence-corrected chi connectivity index (χ4v) is 4.23. The number of methoxy groups -OCH3 is 2. The second-order valence-electron chi connectivity index (χ2n) is 8.45. The highest BCUT2D eigenvalue weighted by Crippen LogP contribution is 2.30. The van der Waals surface area contributed by atoms with E-state index in [0.717, 1.165) is 5.69 Å². The molecule has 2 aromatic carbocycles. The summed E-state index contributed by atoms with van der Waals surface area (Å²) >= 11 is 0. The molecule has 0 aliphatic heterocycles. The molecule has 0 aliphatic rings. The molecule has 1 N–H and O–H groups in total. The molecule has 37 heavy (non-hydrogen) atoms. The van der Waals surface area contributed by atoms with E-state index in [2.05, 4.69) is 10.4 Å². The lowest BCUT2D eigenvalue weighted by molar-refractivity contribution is -0.119. The SMILES string of the molecule is COc1ccc(NC(=O)C(C)n2nc(C)c3nn(-c4ccccc4)c(-n4cccc4)c3c2=O)cc1OC. The van der Waals surface area contributed by atoms with Gasteiger partial charge in [0.15, 0.2) is 17.3 Å². The summed E-state index contributed by atoms with van der Waals surface area (Å²) in [5, 5.41) is 12.4. The monoisotopic (exact) mass is 498 g/mol. The maximum absolute atomic E-state index is 13.8. The van der Waals surface area contributed by atoms with Gasteiger partial charge in [0.2, 0.25) is 5.91 Å². The molecule has 1 amide bonds. The van der Waals surface area contributed by atoms with Crippen LogP contribution in [-0.4, -0.2) is 44.3 Å². The first-order chi connectivity index (χ1) is 17.9. The number of aromatic nitrogens is 5. The van der Waals surface area contributed by atoms with Gasteiger partial charge in [-0.2, -0.15) is 10.2 Å². The predicted molar refractivity (Wildman–Crippen MR) is 140 cm³/mol. The highest BCUT2D eigenvalue weighted by Gasteiger charge is 2.25. The number of fused-ring (bicyclic) bond motifs is 1. The summed E-state index contributed by atoms with van der Waals surface area (Å²) in [5.41, 5.74) is 1.89. The van der Waals surface area contributed by atoms with Crippen molar-refractivity contribution < 1.29 is 14.3 Å². The van der Waals surface area contributed by atoms with Gasteiger partial charge >= 0.3 is 0 Å². The van der Waals surface area contributed by atoms with Gasteiger partial charge in [-0.1, -0.05) is 18.2 Å². The normalized spacial score (nSPS) is 11.9. The van der Waals surface area contributed by atoms with Crippen molar-refractivity contribution in [3.05, 3.63) is 89.1 Å². The van der Waals surface area contributed by atoms with Gasteiger partial charge in [0.1, 0.15) is 16.9 Å². The van der Waals surface area contributed by atoms with Crippen molar-refractivity contribution in [2.45, 2.75) is 19.9 Å². The van der Waals surface area contributed by atoms with Crippen LogP contribution in [-0.2, 0) is 4.79 Å². The third-order valence-electron chi connectivity index (χ3n) is 6.13. The molecule has 188 valence electrons. The molecule has 0 radical (unpaired) electrons. The number of para-hydroxylation sites is 1. The number of aryl methyl sites for hydroxylation is 1. The first kappa shape index (κ1) is 23.9. The largest absolute Gasteiger partial charge is 0.493 e. The molecule has 1 unspecified atom stereocenters. The second kappa shape index (κ2) is 9.65. The Kier molecular flexibility index (Phi) is 6.22. The summed E-state index contributed by atoms with van der Waals surface area (Å²) in [4.78, 5) is 27.0. The quantitative estimate of drug-likeness (QED) is 0.365. The van der Waals surface area contributed by atoms with Crippen LogP contribution in [0.25, 0.3) is 22.4 Å². The fourth-order valence-electron chi connectivity index (χ4n) is 4.23. The molecule has 0 saturated carbocycles. The minimum atomic E-state index is -0.902. The number of hydrogen-bond donors (Lipinski definition) is 1. The number of benzene rings is 2. The Morgan fingerprint density at radius 2 is 1.65 bits per heavy atom. The number of carbonyl (C=O) groups is 1. The van der Waals surface area contributed by atoms with Crippen LogP contribution in [0.1, 0.15) is 18.7 Å². The maximum atomic E-state index is 13.8. The molecule has 0 saturated heterocycles. The summed E-state index contributed by atoms with van der Waals surface area (Å²) in [6.07, 6.45) is 3.70. The summed E-state index contributed by atoms with van der Waals surface area (Å²) in [6, 6.07) is 17.5. The molecule has 10 heteroatoms. The van der Waals surface area contributed by atoms with E-state index in [-0.39, 0.29) is 0 Å². The number of hydrogen-bond acceptors (Lipinski definition) is 6. The van der Waals surface area contributed by atoms with E-state index in [9.17, 15) is 9.59 Å². The molecule has 0 fully saturated rings. The summed E-state index contributed by atoms with van der Waals surface area (Å²) < 4.78 is 15.3. The van der Waals surface area contributed by atoms with Crippen molar-refractivity contribution >= 4 is 22.5 Å². The van der Waals surface area contributed by atoms with Gasteiger partial charge in [-0.25, -0.2) is 9.36 Å². The molecule has 3 heterocycles. The molecule has 5 rings (SSSR count). The number of rotatable bonds is 7. The highest BCUT2D eigenvalue weighted by atomic mass is 16.5. The van der Waals surface area contributed by atoms with Crippen LogP contribution in [0.3, 0.4) is 0 Å². The van der Waals surface area contributed by atoms with E-state index in [0.29, 0.717) is 39.6 Å². The summed E-state index contributed by atoms with van der Waals surface area (Å²) in [5.74, 6) is 1.19. The van der Waals surface area contributed by atoms with Crippen LogP contribution in [0.2, 0.25) is 0 Å². The zero-order chi connectivity index (χ0) is 26.1. The van der Waals surface area contributed by atoms with Crippen LogP contribution < -0.4 is 20.3 Å². The number of nitrogens with zero attached hydrogens (tertiary/aromatic N) is 5. The molecule has 5 aromatic rings. The summed E-state index contributed by atoms with van der Waals surface area (Å²) in [6.45, 7) is 3.41. The van der Waals surface area contributed by atoms with Gasteiger partial charge in [0.05, 0.1) is 25.6 Å². The number of ether oxygens (including phenoxy) is 2. The zero-order valence-electron chi connectivity index (χ0n) is 20.9. The Hall–Kier alpha value is -4.86. The number of anilines is 1. The van der Waals surface area contributed by atoms with E-state index in [1.54, 1.807) is 36.7 Å². The van der Waals surface area contributed by atoms with Crippen molar-refractivity contribution in [1.82, 2.24) is 24.1 Å². The van der Waals surface area contributed by atoms with E-state index in [1.807, 2.05) is 59.4 Å². The van der Waals surface area contributed by atoms with Crippen LogP contribution >= 0.6 is 0 Å². The van der Waals surface area contributed by atoms with Crippen LogP contribution in [0.4, 0.5) is 5.69 Å². The minimum Gasteiger partial charge on any atom is -0.493 e. The lowest BCUT2D eigenvalue weighted by atomic mass is 10.2. The first-order valence-corrected chi connectivity index (χ1v) is 11.7. The average molecular weight is 499 g/mol. The first-order valence-electron chi connectivity index (χ1n) is 11.7. The van der Waals surface area contributed by atoms with Crippen molar-refractivity contribution in [2.24, 2.45) is 0 Å². The highest BCUT2D eigenvalue weighted by molar-refractivity contribution is 5.94. The Labute approximate surface area is 212 Å². The van der Waals surface area contributed by atoms with Gasteiger partial charge in [0, 0.05) is 24.1 Å². The van der Waals surface area contributed by atoms with Gasteiger partial charge in [0.25, 0.3) is 5.56 Å². The van der Waals surface area contributed by atoms with Gasteiger partial charge in [-0.05, 0) is 50.2 Å². The molecule has 0 bridgehead atoms. The van der Waals surface area contributed by atoms with E-state index in [4.69, 9.17) is 14.6 Å². The molecule has 3 aromatic heterocycles. The molecular formula is C27H26N6O4. The molecule has 10 nitrogen and oxygen atoms in total. The predicted octanol–water partition coefficient (Wildman–Crippen LogP) is 3.90. The second-order valence-corrected chi connectivity index (χ2v) is 8.45. The minimum absolute atomic E-state index is 0.373. The van der Waals surface area contributed by atoms with Crippen molar-refractivity contribution in [2.75, 3.05) is 19.5 Å².